The lowest BCUT2D eigenvalue weighted by molar-refractivity contribution is 0.0697. The summed E-state index contributed by atoms with van der Waals surface area (Å²) >= 11 is 12.2. The van der Waals surface area contributed by atoms with Gasteiger partial charge in [0.05, 0.1) is 11.3 Å². The first-order valence-corrected chi connectivity index (χ1v) is 11.6. The topological polar surface area (TPSA) is 82.8 Å². The van der Waals surface area contributed by atoms with Gasteiger partial charge in [-0.25, -0.2) is 9.78 Å². The Morgan fingerprint density at radius 3 is 2.00 bits per heavy atom. The highest BCUT2D eigenvalue weighted by Gasteiger charge is 2.21. The number of aromatic carboxylic acids is 1. The van der Waals surface area contributed by atoms with Gasteiger partial charge in [-0.05, 0) is 59.0 Å². The Morgan fingerprint density at radius 1 is 0.886 bits per heavy atom. The maximum atomic E-state index is 11.1. The lowest BCUT2D eigenvalue weighted by atomic mass is 9.83. The van der Waals surface area contributed by atoms with Gasteiger partial charge < -0.3 is 10.3 Å². The molecule has 1 heterocycles. The van der Waals surface area contributed by atoms with Crippen molar-refractivity contribution >= 4 is 34.9 Å². The van der Waals surface area contributed by atoms with Crippen LogP contribution in [0.4, 0.5) is 0 Å². The summed E-state index contributed by atoms with van der Waals surface area (Å²) in [4.78, 5) is 15.1. The highest BCUT2D eigenvalue weighted by molar-refractivity contribution is 6.33. The third kappa shape index (κ3) is 5.70. The average Bonchev–Trinajstić information content (AvgIpc) is 2.85. The van der Waals surface area contributed by atoms with Crippen molar-refractivity contribution in [2.24, 2.45) is 5.16 Å². The molecular weight excluding hydrogens is 483 g/mol. The quantitative estimate of drug-likeness (QED) is 0.118. The molecule has 0 bridgehead atoms. The van der Waals surface area contributed by atoms with Crippen molar-refractivity contribution in [3.05, 3.63) is 123 Å². The molecule has 0 saturated heterocycles. The molecule has 0 fully saturated rings. The minimum Gasteiger partial charge on any atom is -0.478 e. The smallest absolute Gasteiger partial charge is 0.335 e. The van der Waals surface area contributed by atoms with Gasteiger partial charge in [-0.3, -0.25) is 0 Å². The van der Waals surface area contributed by atoms with Crippen molar-refractivity contribution in [1.29, 1.82) is 0 Å². The van der Waals surface area contributed by atoms with E-state index in [-0.39, 0.29) is 21.8 Å². The van der Waals surface area contributed by atoms with Crippen LogP contribution in [0.3, 0.4) is 0 Å². The molecule has 1 aromatic heterocycles. The summed E-state index contributed by atoms with van der Waals surface area (Å²) in [6.45, 7) is 2.05. The third-order valence-electron chi connectivity index (χ3n) is 5.96. The number of carbonyl (C=O) groups is 1. The number of pyridine rings is 1. The van der Waals surface area contributed by atoms with Gasteiger partial charge >= 0.3 is 5.97 Å². The summed E-state index contributed by atoms with van der Waals surface area (Å²) in [6.07, 6.45) is 0.407. The second kappa shape index (κ2) is 10.7. The number of carboxylic acids is 1. The number of hydrogen-bond acceptors (Lipinski definition) is 4. The summed E-state index contributed by atoms with van der Waals surface area (Å²) in [5, 5.41) is 23.0. The summed E-state index contributed by atoms with van der Waals surface area (Å²) in [5.41, 5.74) is 6.46. The van der Waals surface area contributed by atoms with Gasteiger partial charge in [0.25, 0.3) is 0 Å². The number of hydrogen-bond donors (Lipinski definition) is 2. The Kier molecular flexibility index (Phi) is 7.49. The van der Waals surface area contributed by atoms with E-state index in [4.69, 9.17) is 28.3 Å². The number of halogens is 2. The molecular formula is C28H22Cl2N2O3. The molecule has 4 aromatic rings. The fraction of sp³-hybridized carbons (Fsp3) is 0.107. The van der Waals surface area contributed by atoms with Crippen LogP contribution in [0.15, 0.2) is 90.1 Å². The number of rotatable bonds is 7. The van der Waals surface area contributed by atoms with Crippen LogP contribution in [0.2, 0.25) is 10.3 Å². The molecule has 0 aliphatic rings. The Bertz CT molecular complexity index is 1360. The number of aromatic nitrogens is 1. The van der Waals surface area contributed by atoms with E-state index in [0.29, 0.717) is 17.7 Å². The van der Waals surface area contributed by atoms with Crippen LogP contribution in [0.25, 0.3) is 11.1 Å². The molecule has 7 heteroatoms. The normalized spacial score (nSPS) is 12.4. The van der Waals surface area contributed by atoms with Crippen molar-refractivity contribution in [1.82, 2.24) is 4.98 Å². The molecule has 0 spiro atoms. The molecule has 0 saturated carbocycles. The largest absolute Gasteiger partial charge is 0.478 e. The van der Waals surface area contributed by atoms with Crippen molar-refractivity contribution in [3.63, 3.8) is 0 Å². The zero-order valence-corrected chi connectivity index (χ0v) is 20.3. The van der Waals surface area contributed by atoms with E-state index in [1.165, 1.54) is 0 Å². The first-order valence-electron chi connectivity index (χ1n) is 10.9. The van der Waals surface area contributed by atoms with E-state index in [1.54, 1.807) is 36.4 Å². The van der Waals surface area contributed by atoms with E-state index in [0.717, 1.165) is 27.8 Å². The molecule has 1 atom stereocenters. The van der Waals surface area contributed by atoms with E-state index in [2.05, 4.69) is 29.2 Å². The molecule has 4 rings (SSSR count). The molecule has 5 nitrogen and oxygen atoms in total. The van der Waals surface area contributed by atoms with E-state index >= 15 is 0 Å². The fourth-order valence-electron chi connectivity index (χ4n) is 4.14. The highest BCUT2D eigenvalue weighted by atomic mass is 35.5. The van der Waals surface area contributed by atoms with Crippen LogP contribution in [0, 0.1) is 6.92 Å². The zero-order chi connectivity index (χ0) is 24.9. The maximum absolute atomic E-state index is 11.1. The van der Waals surface area contributed by atoms with Crippen LogP contribution in [-0.2, 0) is 0 Å². The number of nitrogens with zero attached hydrogens (tertiary/aromatic N) is 2. The molecule has 0 amide bonds. The summed E-state index contributed by atoms with van der Waals surface area (Å²) < 4.78 is 0. The van der Waals surface area contributed by atoms with Gasteiger partial charge in [0, 0.05) is 17.9 Å². The van der Waals surface area contributed by atoms with E-state index in [9.17, 15) is 10.0 Å². The summed E-state index contributed by atoms with van der Waals surface area (Å²) in [5.74, 6) is -1.05. The lowest BCUT2D eigenvalue weighted by Crippen LogP contribution is -2.12. The highest BCUT2D eigenvalue weighted by Crippen LogP contribution is 2.34. The molecule has 35 heavy (non-hydrogen) atoms. The van der Waals surface area contributed by atoms with Crippen LogP contribution in [-0.4, -0.2) is 27.0 Å². The van der Waals surface area contributed by atoms with Gasteiger partial charge in [-0.2, -0.15) is 0 Å². The molecule has 0 radical (unpaired) electrons. The van der Waals surface area contributed by atoms with Crippen LogP contribution in [0.5, 0.6) is 0 Å². The van der Waals surface area contributed by atoms with E-state index < -0.39 is 5.97 Å². The summed E-state index contributed by atoms with van der Waals surface area (Å²) in [6, 6.07) is 26.2. The fourth-order valence-corrected chi connectivity index (χ4v) is 4.60. The first kappa shape index (κ1) is 24.5. The van der Waals surface area contributed by atoms with Crippen LogP contribution >= 0.6 is 23.2 Å². The van der Waals surface area contributed by atoms with Crippen LogP contribution in [0.1, 0.15) is 45.0 Å². The Morgan fingerprint density at radius 2 is 1.46 bits per heavy atom. The average molecular weight is 505 g/mol. The first-order chi connectivity index (χ1) is 16.9. The van der Waals surface area contributed by atoms with Crippen molar-refractivity contribution in [2.45, 2.75) is 19.3 Å². The third-order valence-corrected chi connectivity index (χ3v) is 6.34. The van der Waals surface area contributed by atoms with Gasteiger partial charge in [-0.15, -0.1) is 0 Å². The molecule has 0 aliphatic carbocycles. The Balaban J connectivity index is 1.70. The van der Waals surface area contributed by atoms with Crippen molar-refractivity contribution in [2.75, 3.05) is 0 Å². The minimum absolute atomic E-state index is 0.101. The van der Waals surface area contributed by atoms with Crippen LogP contribution < -0.4 is 0 Å². The predicted octanol–water partition coefficient (Wildman–Crippen LogP) is 7.46. The van der Waals surface area contributed by atoms with E-state index in [1.807, 2.05) is 36.4 Å². The lowest BCUT2D eigenvalue weighted by Gasteiger charge is -2.21. The van der Waals surface area contributed by atoms with Crippen molar-refractivity contribution < 1.29 is 15.1 Å². The monoisotopic (exact) mass is 504 g/mol. The summed E-state index contributed by atoms with van der Waals surface area (Å²) in [7, 11) is 0. The molecule has 3 aromatic carbocycles. The zero-order valence-electron chi connectivity index (χ0n) is 18.8. The second-order valence-corrected chi connectivity index (χ2v) is 8.94. The molecule has 0 unspecified atom stereocenters. The molecule has 2 N–H and O–H groups in total. The van der Waals surface area contributed by atoms with Gasteiger partial charge in [0.2, 0.25) is 0 Å². The standard InChI is InChI=1S/C28H22Cl2N2O3/c1-17-4-2-3-5-23(17)24(16-25(32-35)22-14-26(29)31-27(30)15-22)20-10-6-18(7-11-20)19-8-12-21(13-9-19)28(33)34/h2-15,24,35H,16H2,1H3,(H,33,34)/t24-/m1/s1. The van der Waals surface area contributed by atoms with Gasteiger partial charge in [0.1, 0.15) is 10.3 Å². The molecule has 0 aliphatic heterocycles. The molecule has 176 valence electrons. The predicted molar refractivity (Wildman–Crippen MR) is 139 cm³/mol. The number of oxime groups is 1. The maximum Gasteiger partial charge on any atom is 0.335 e. The second-order valence-electron chi connectivity index (χ2n) is 8.17. The Hall–Kier alpha value is -3.67. The Labute approximate surface area is 213 Å². The number of benzene rings is 3. The number of aryl methyl sites for hydroxylation is 1. The SMILES string of the molecule is Cc1ccccc1[C@H](CC(=NO)c1cc(Cl)nc(Cl)c1)c1ccc(-c2ccc(C(=O)O)cc2)cc1. The van der Waals surface area contributed by atoms with Crippen molar-refractivity contribution in [3.8, 4) is 11.1 Å². The minimum atomic E-state index is -0.953. The number of carboxylic acid groups (broad SMARTS) is 1. The van der Waals surface area contributed by atoms with Gasteiger partial charge in [-0.1, -0.05) is 89.0 Å². The van der Waals surface area contributed by atoms with Gasteiger partial charge in [0.15, 0.2) is 0 Å².